The number of hydrogen-bond acceptors (Lipinski definition) is 4. The highest BCUT2D eigenvalue weighted by Crippen LogP contribution is 2.36. The van der Waals surface area contributed by atoms with Gasteiger partial charge in [-0.05, 0) is 49.7 Å². The van der Waals surface area contributed by atoms with Gasteiger partial charge < -0.3 is 14.0 Å². The highest BCUT2D eigenvalue weighted by molar-refractivity contribution is 5.96. The van der Waals surface area contributed by atoms with Crippen molar-refractivity contribution in [3.63, 3.8) is 0 Å². The Bertz CT molecular complexity index is 1490. The van der Waals surface area contributed by atoms with E-state index in [9.17, 15) is 4.79 Å². The van der Waals surface area contributed by atoms with E-state index < -0.39 is 5.92 Å². The lowest BCUT2D eigenvalue weighted by Crippen LogP contribution is -2.12. The average molecular weight is 451 g/mol. The summed E-state index contributed by atoms with van der Waals surface area (Å²) in [7, 11) is 1.65. The molecule has 0 fully saturated rings. The van der Waals surface area contributed by atoms with Crippen molar-refractivity contribution in [2.24, 2.45) is 0 Å². The highest BCUT2D eigenvalue weighted by atomic mass is 16.5. The second kappa shape index (κ2) is 9.02. The zero-order chi connectivity index (χ0) is 23.7. The molecule has 0 saturated carbocycles. The van der Waals surface area contributed by atoms with E-state index in [0.717, 1.165) is 50.1 Å². The number of fused-ring (bicyclic) bond motifs is 2. The first-order valence-electron chi connectivity index (χ1n) is 11.4. The van der Waals surface area contributed by atoms with Gasteiger partial charge in [-0.25, -0.2) is 4.98 Å². The summed E-state index contributed by atoms with van der Waals surface area (Å²) in [5, 5.41) is 1.99. The van der Waals surface area contributed by atoms with Crippen LogP contribution in [0.4, 0.5) is 0 Å². The third kappa shape index (κ3) is 3.79. The van der Waals surface area contributed by atoms with Crippen molar-refractivity contribution in [1.82, 2.24) is 9.55 Å². The van der Waals surface area contributed by atoms with Gasteiger partial charge in [0.1, 0.15) is 5.75 Å². The Morgan fingerprint density at radius 3 is 2.50 bits per heavy atom. The Morgan fingerprint density at radius 2 is 1.74 bits per heavy atom. The van der Waals surface area contributed by atoms with Crippen LogP contribution in [0.1, 0.15) is 25.3 Å². The molecule has 0 spiro atoms. The molecule has 0 bridgehead atoms. The van der Waals surface area contributed by atoms with Gasteiger partial charge in [0.2, 0.25) is 0 Å². The minimum Gasteiger partial charge on any atom is -0.497 e. The summed E-state index contributed by atoms with van der Waals surface area (Å²) >= 11 is 0. The summed E-state index contributed by atoms with van der Waals surface area (Å²) in [4.78, 5) is 17.6. The summed E-state index contributed by atoms with van der Waals surface area (Å²) in [6, 6.07) is 26.4. The molecule has 0 radical (unpaired) electrons. The second-order valence-corrected chi connectivity index (χ2v) is 8.22. The lowest BCUT2D eigenvalue weighted by molar-refractivity contribution is -0.144. The lowest BCUT2D eigenvalue weighted by Gasteiger charge is -2.13. The van der Waals surface area contributed by atoms with E-state index in [-0.39, 0.29) is 5.97 Å². The highest BCUT2D eigenvalue weighted by Gasteiger charge is 2.23. The fourth-order valence-corrected chi connectivity index (χ4v) is 4.41. The summed E-state index contributed by atoms with van der Waals surface area (Å²) in [6.07, 6.45) is 2.04. The van der Waals surface area contributed by atoms with Crippen molar-refractivity contribution in [3.05, 3.63) is 90.6 Å². The zero-order valence-corrected chi connectivity index (χ0v) is 19.5. The lowest BCUT2D eigenvalue weighted by atomic mass is 10.0. The molecule has 3 aromatic carbocycles. The number of pyridine rings is 1. The maximum absolute atomic E-state index is 12.7. The number of hydrogen-bond donors (Lipinski definition) is 0. The summed E-state index contributed by atoms with van der Waals surface area (Å²) in [6.45, 7) is 4.06. The minimum absolute atomic E-state index is 0.242. The number of carbonyl (C=O) groups excluding carboxylic acids is 1. The molecule has 0 aliphatic rings. The van der Waals surface area contributed by atoms with Gasteiger partial charge in [0.05, 0.1) is 42.0 Å². The number of aromatic nitrogens is 2. The third-order valence-electron chi connectivity index (χ3n) is 6.17. The van der Waals surface area contributed by atoms with Crippen LogP contribution in [-0.4, -0.2) is 29.2 Å². The van der Waals surface area contributed by atoms with Gasteiger partial charge in [0, 0.05) is 22.5 Å². The van der Waals surface area contributed by atoms with Gasteiger partial charge >= 0.3 is 5.97 Å². The molecule has 0 saturated heterocycles. The van der Waals surface area contributed by atoms with Crippen LogP contribution >= 0.6 is 0 Å². The molecule has 5 aromatic rings. The second-order valence-electron chi connectivity index (χ2n) is 8.22. The van der Waals surface area contributed by atoms with Crippen molar-refractivity contribution in [2.75, 3.05) is 13.7 Å². The van der Waals surface area contributed by atoms with Crippen LogP contribution in [0.2, 0.25) is 0 Å². The Balaban J connectivity index is 1.79. The molecular weight excluding hydrogens is 424 g/mol. The standard InChI is InChI=1S/C29H26N2O3/c1-4-34-29(32)19(2)24-18-31(27-15-14-21(33-3)16-23(24)27)28-17-26(20-10-6-5-7-11-20)30-25-13-9-8-12-22(25)28/h5-19H,4H2,1-3H3. The SMILES string of the molecule is CCOC(=O)C(C)c1cn(-c2cc(-c3ccccc3)nc3ccccc23)c2ccc(OC)cc12. The molecule has 5 heteroatoms. The Kier molecular flexibility index (Phi) is 5.76. The zero-order valence-electron chi connectivity index (χ0n) is 19.5. The molecule has 0 aliphatic heterocycles. The fraction of sp³-hybridized carbons (Fsp3) is 0.172. The summed E-state index contributed by atoms with van der Waals surface area (Å²) in [5.74, 6) is 0.0820. The first kappa shape index (κ1) is 21.7. The molecule has 5 rings (SSSR count). The van der Waals surface area contributed by atoms with Crippen LogP contribution in [-0.2, 0) is 9.53 Å². The number of esters is 1. The van der Waals surface area contributed by atoms with Crippen LogP contribution in [0, 0.1) is 0 Å². The number of carbonyl (C=O) groups is 1. The third-order valence-corrected chi connectivity index (χ3v) is 6.17. The predicted octanol–water partition coefficient (Wildman–Crippen LogP) is 6.52. The number of rotatable bonds is 6. The van der Waals surface area contributed by atoms with Gasteiger partial charge in [-0.2, -0.15) is 0 Å². The Morgan fingerprint density at radius 1 is 0.971 bits per heavy atom. The van der Waals surface area contributed by atoms with E-state index in [1.54, 1.807) is 7.11 Å². The van der Waals surface area contributed by atoms with Gasteiger partial charge in [-0.3, -0.25) is 4.79 Å². The first-order chi connectivity index (χ1) is 16.6. The van der Waals surface area contributed by atoms with Gasteiger partial charge in [-0.15, -0.1) is 0 Å². The van der Waals surface area contributed by atoms with E-state index in [0.29, 0.717) is 6.61 Å². The molecule has 1 atom stereocenters. The number of ether oxygens (including phenoxy) is 2. The normalized spacial score (nSPS) is 12.1. The maximum atomic E-state index is 12.7. The Labute approximate surface area is 198 Å². The van der Waals surface area contributed by atoms with Crippen molar-refractivity contribution < 1.29 is 14.3 Å². The number of para-hydroxylation sites is 1. The smallest absolute Gasteiger partial charge is 0.313 e. The first-order valence-corrected chi connectivity index (χ1v) is 11.4. The van der Waals surface area contributed by atoms with Crippen LogP contribution in [0.25, 0.3) is 38.8 Å². The molecule has 0 aliphatic carbocycles. The molecule has 2 heterocycles. The summed E-state index contributed by atoms with van der Waals surface area (Å²) in [5.41, 5.74) is 5.74. The molecule has 0 amide bonds. The van der Waals surface area contributed by atoms with E-state index >= 15 is 0 Å². The molecule has 0 N–H and O–H groups in total. The number of nitrogens with zero attached hydrogens (tertiary/aromatic N) is 2. The number of methoxy groups -OCH3 is 1. The van der Waals surface area contributed by atoms with Crippen molar-refractivity contribution in [2.45, 2.75) is 19.8 Å². The molecular formula is C29H26N2O3. The van der Waals surface area contributed by atoms with Crippen molar-refractivity contribution in [1.29, 1.82) is 0 Å². The summed E-state index contributed by atoms with van der Waals surface area (Å²) < 4.78 is 13.0. The van der Waals surface area contributed by atoms with Crippen LogP contribution in [0.15, 0.2) is 85.1 Å². The molecule has 34 heavy (non-hydrogen) atoms. The topological polar surface area (TPSA) is 53.4 Å². The van der Waals surface area contributed by atoms with Gasteiger partial charge in [0.15, 0.2) is 0 Å². The van der Waals surface area contributed by atoms with Crippen LogP contribution in [0.3, 0.4) is 0 Å². The van der Waals surface area contributed by atoms with E-state index in [1.807, 2.05) is 74.6 Å². The molecule has 1 unspecified atom stereocenters. The molecule has 170 valence electrons. The predicted molar refractivity (Wildman–Crippen MR) is 136 cm³/mol. The van der Waals surface area contributed by atoms with Crippen LogP contribution in [0.5, 0.6) is 5.75 Å². The molecule has 5 nitrogen and oxygen atoms in total. The van der Waals surface area contributed by atoms with E-state index in [4.69, 9.17) is 14.5 Å². The van der Waals surface area contributed by atoms with E-state index in [2.05, 4.69) is 28.8 Å². The van der Waals surface area contributed by atoms with Gasteiger partial charge in [0.25, 0.3) is 0 Å². The van der Waals surface area contributed by atoms with Gasteiger partial charge in [-0.1, -0.05) is 48.5 Å². The van der Waals surface area contributed by atoms with E-state index in [1.165, 1.54) is 0 Å². The van der Waals surface area contributed by atoms with Crippen molar-refractivity contribution in [3.8, 4) is 22.7 Å². The number of benzene rings is 3. The Hall–Kier alpha value is -4.12. The van der Waals surface area contributed by atoms with Crippen LogP contribution < -0.4 is 4.74 Å². The molecule has 2 aromatic heterocycles. The quantitative estimate of drug-likeness (QED) is 0.276. The average Bonchev–Trinajstić information content (AvgIpc) is 3.26. The fourth-order valence-electron chi connectivity index (χ4n) is 4.41. The largest absolute Gasteiger partial charge is 0.497 e. The monoisotopic (exact) mass is 450 g/mol. The minimum atomic E-state index is -0.419. The maximum Gasteiger partial charge on any atom is 0.313 e. The van der Waals surface area contributed by atoms with Crippen molar-refractivity contribution >= 4 is 27.8 Å².